The van der Waals surface area contributed by atoms with E-state index in [1.54, 1.807) is 24.1 Å². The van der Waals surface area contributed by atoms with Crippen molar-refractivity contribution in [1.29, 1.82) is 0 Å². The molecule has 1 aromatic heterocycles. The maximum absolute atomic E-state index is 12.3. The Balaban J connectivity index is 2.14. The van der Waals surface area contributed by atoms with Crippen LogP contribution in [-0.4, -0.2) is 22.8 Å². The number of thiophene rings is 1. The Kier molecular flexibility index (Phi) is 4.37. The molecular weight excluding hydrogens is 288 g/mol. The van der Waals surface area contributed by atoms with E-state index < -0.39 is 4.92 Å². The van der Waals surface area contributed by atoms with Gasteiger partial charge in [0, 0.05) is 30.6 Å². The molecule has 21 heavy (non-hydrogen) atoms. The van der Waals surface area contributed by atoms with Gasteiger partial charge in [0.05, 0.1) is 9.80 Å². The van der Waals surface area contributed by atoms with E-state index >= 15 is 0 Å². The molecule has 0 saturated carbocycles. The van der Waals surface area contributed by atoms with Crippen LogP contribution in [0.2, 0.25) is 0 Å². The highest BCUT2D eigenvalue weighted by atomic mass is 32.1. The third kappa shape index (κ3) is 3.46. The first kappa shape index (κ1) is 15.2. The van der Waals surface area contributed by atoms with Gasteiger partial charge in [-0.25, -0.2) is 0 Å². The van der Waals surface area contributed by atoms with Gasteiger partial charge in [0.15, 0.2) is 0 Å². The van der Waals surface area contributed by atoms with Crippen molar-refractivity contribution in [3.05, 3.63) is 61.3 Å². The standard InChI is InChI=1S/C15H16N2O3S/c1-10-7-14(21-11(10)2)15(18)16(3)9-12-5-4-6-13(8-12)17(19)20/h4-8H,9H2,1-3H3. The molecule has 0 aliphatic rings. The van der Waals surface area contributed by atoms with Crippen molar-refractivity contribution in [3.63, 3.8) is 0 Å². The van der Waals surface area contributed by atoms with Crippen LogP contribution in [0.15, 0.2) is 30.3 Å². The van der Waals surface area contributed by atoms with Crippen molar-refractivity contribution in [1.82, 2.24) is 4.90 Å². The first-order chi connectivity index (χ1) is 9.88. The highest BCUT2D eigenvalue weighted by Crippen LogP contribution is 2.22. The summed E-state index contributed by atoms with van der Waals surface area (Å²) >= 11 is 1.47. The van der Waals surface area contributed by atoms with Crippen molar-refractivity contribution in [3.8, 4) is 0 Å². The Hall–Kier alpha value is -2.21. The predicted octanol–water partition coefficient (Wildman–Crippen LogP) is 3.55. The van der Waals surface area contributed by atoms with E-state index in [2.05, 4.69) is 0 Å². The van der Waals surface area contributed by atoms with E-state index in [-0.39, 0.29) is 11.6 Å². The lowest BCUT2D eigenvalue weighted by molar-refractivity contribution is -0.384. The number of aryl methyl sites for hydroxylation is 2. The number of carbonyl (C=O) groups excluding carboxylic acids is 1. The fourth-order valence-electron chi connectivity index (χ4n) is 1.98. The van der Waals surface area contributed by atoms with Crippen molar-refractivity contribution in [2.24, 2.45) is 0 Å². The van der Waals surface area contributed by atoms with E-state index in [0.29, 0.717) is 11.4 Å². The average molecular weight is 304 g/mol. The number of nitro groups is 1. The molecule has 0 fully saturated rings. The van der Waals surface area contributed by atoms with Crippen LogP contribution < -0.4 is 0 Å². The lowest BCUT2D eigenvalue weighted by atomic mass is 10.2. The highest BCUT2D eigenvalue weighted by Gasteiger charge is 2.16. The second kappa shape index (κ2) is 6.05. The van der Waals surface area contributed by atoms with Crippen LogP contribution in [0.3, 0.4) is 0 Å². The Labute approximate surface area is 127 Å². The van der Waals surface area contributed by atoms with Crippen LogP contribution in [0.4, 0.5) is 5.69 Å². The van der Waals surface area contributed by atoms with Gasteiger partial charge >= 0.3 is 0 Å². The van der Waals surface area contributed by atoms with Gasteiger partial charge in [0.1, 0.15) is 0 Å². The van der Waals surface area contributed by atoms with E-state index in [4.69, 9.17) is 0 Å². The first-order valence-corrected chi connectivity index (χ1v) is 7.26. The first-order valence-electron chi connectivity index (χ1n) is 6.44. The summed E-state index contributed by atoms with van der Waals surface area (Å²) in [5, 5.41) is 10.8. The summed E-state index contributed by atoms with van der Waals surface area (Å²) in [5.41, 5.74) is 1.88. The fourth-order valence-corrected chi connectivity index (χ4v) is 3.01. The van der Waals surface area contributed by atoms with Gasteiger partial charge in [-0.1, -0.05) is 12.1 Å². The third-order valence-corrected chi connectivity index (χ3v) is 4.41. The van der Waals surface area contributed by atoms with Crippen LogP contribution >= 0.6 is 11.3 Å². The third-order valence-electron chi connectivity index (χ3n) is 3.26. The van der Waals surface area contributed by atoms with Gasteiger partial charge < -0.3 is 4.90 Å². The minimum Gasteiger partial charge on any atom is -0.337 e. The van der Waals surface area contributed by atoms with Crippen LogP contribution in [-0.2, 0) is 6.54 Å². The summed E-state index contributed by atoms with van der Waals surface area (Å²) in [4.78, 5) is 26.1. The van der Waals surface area contributed by atoms with Crippen molar-refractivity contribution in [2.75, 3.05) is 7.05 Å². The Morgan fingerprint density at radius 1 is 1.33 bits per heavy atom. The number of nitro benzene ring substituents is 1. The molecule has 0 bridgehead atoms. The zero-order chi connectivity index (χ0) is 15.6. The van der Waals surface area contributed by atoms with Gasteiger partial charge in [-0.15, -0.1) is 11.3 Å². The summed E-state index contributed by atoms with van der Waals surface area (Å²) in [6.45, 7) is 4.30. The summed E-state index contributed by atoms with van der Waals surface area (Å²) in [7, 11) is 1.70. The summed E-state index contributed by atoms with van der Waals surface area (Å²) < 4.78 is 0. The Morgan fingerprint density at radius 3 is 2.62 bits per heavy atom. The van der Waals surface area contributed by atoms with Crippen LogP contribution in [0.1, 0.15) is 25.7 Å². The van der Waals surface area contributed by atoms with Crippen LogP contribution in [0, 0.1) is 24.0 Å². The molecule has 0 aliphatic heterocycles. The second-order valence-electron chi connectivity index (χ2n) is 4.94. The van der Waals surface area contributed by atoms with E-state index in [1.807, 2.05) is 19.9 Å². The fraction of sp³-hybridized carbons (Fsp3) is 0.267. The lowest BCUT2D eigenvalue weighted by Crippen LogP contribution is -2.25. The topological polar surface area (TPSA) is 63.5 Å². The highest BCUT2D eigenvalue weighted by molar-refractivity contribution is 7.14. The molecule has 0 atom stereocenters. The molecule has 1 aromatic carbocycles. The Morgan fingerprint density at radius 2 is 2.05 bits per heavy atom. The molecule has 0 unspecified atom stereocenters. The average Bonchev–Trinajstić information content (AvgIpc) is 2.78. The minimum atomic E-state index is -0.433. The molecule has 2 rings (SSSR count). The maximum atomic E-state index is 12.3. The number of non-ortho nitro benzene ring substituents is 1. The molecule has 1 heterocycles. The molecule has 5 nitrogen and oxygen atoms in total. The molecule has 2 aromatic rings. The Bertz CT molecular complexity index is 674. The zero-order valence-electron chi connectivity index (χ0n) is 12.1. The summed E-state index contributed by atoms with van der Waals surface area (Å²) in [6.07, 6.45) is 0. The van der Waals surface area contributed by atoms with E-state index in [9.17, 15) is 14.9 Å². The number of hydrogen-bond acceptors (Lipinski definition) is 4. The van der Waals surface area contributed by atoms with E-state index in [1.165, 1.54) is 23.5 Å². The van der Waals surface area contributed by atoms with Crippen LogP contribution in [0.5, 0.6) is 0 Å². The molecular formula is C15H16N2O3S. The largest absolute Gasteiger partial charge is 0.337 e. The van der Waals surface area contributed by atoms with Crippen molar-refractivity contribution in [2.45, 2.75) is 20.4 Å². The minimum absolute atomic E-state index is 0.0381. The van der Waals surface area contributed by atoms with E-state index in [0.717, 1.165) is 16.0 Å². The molecule has 0 aliphatic carbocycles. The molecule has 0 spiro atoms. The molecule has 6 heteroatoms. The lowest BCUT2D eigenvalue weighted by Gasteiger charge is -2.16. The smallest absolute Gasteiger partial charge is 0.269 e. The molecule has 110 valence electrons. The normalized spacial score (nSPS) is 10.4. The van der Waals surface area contributed by atoms with Gasteiger partial charge in [0.25, 0.3) is 11.6 Å². The monoisotopic (exact) mass is 304 g/mol. The van der Waals surface area contributed by atoms with Gasteiger partial charge in [-0.3, -0.25) is 14.9 Å². The summed E-state index contributed by atoms with van der Waals surface area (Å²) in [6, 6.07) is 8.23. The number of carbonyl (C=O) groups is 1. The SMILES string of the molecule is Cc1cc(C(=O)N(C)Cc2cccc([N+](=O)[O-])c2)sc1C. The number of hydrogen-bond donors (Lipinski definition) is 0. The number of amides is 1. The summed E-state index contributed by atoms with van der Waals surface area (Å²) in [5.74, 6) is -0.0669. The molecule has 1 amide bonds. The number of rotatable bonds is 4. The maximum Gasteiger partial charge on any atom is 0.269 e. The van der Waals surface area contributed by atoms with Gasteiger partial charge in [-0.05, 0) is 31.0 Å². The van der Waals surface area contributed by atoms with Gasteiger partial charge in [-0.2, -0.15) is 0 Å². The van der Waals surface area contributed by atoms with Gasteiger partial charge in [0.2, 0.25) is 0 Å². The zero-order valence-corrected chi connectivity index (χ0v) is 12.9. The molecule has 0 radical (unpaired) electrons. The van der Waals surface area contributed by atoms with Crippen molar-refractivity contribution >= 4 is 22.9 Å². The van der Waals surface area contributed by atoms with Crippen molar-refractivity contribution < 1.29 is 9.72 Å². The van der Waals surface area contributed by atoms with Crippen LogP contribution in [0.25, 0.3) is 0 Å². The number of nitrogens with zero attached hydrogens (tertiary/aromatic N) is 2. The quantitative estimate of drug-likeness (QED) is 0.641. The number of benzene rings is 1. The molecule has 0 saturated heterocycles. The predicted molar refractivity (Wildman–Crippen MR) is 82.7 cm³/mol. The second-order valence-corrected chi connectivity index (χ2v) is 6.19. The molecule has 0 N–H and O–H groups in total.